The molecule has 4 aromatic rings. The monoisotopic (exact) mass is 395 g/mol. The van der Waals surface area contributed by atoms with Crippen molar-refractivity contribution in [3.63, 3.8) is 0 Å². The molecule has 1 aromatic carbocycles. The van der Waals surface area contributed by atoms with Gasteiger partial charge in [-0.2, -0.15) is 0 Å². The largest absolute Gasteiger partial charge is 0.332 e. The summed E-state index contributed by atoms with van der Waals surface area (Å²) in [6.07, 6.45) is 5.06. The number of aromatic nitrogens is 5. The number of pyridine rings is 1. The van der Waals surface area contributed by atoms with Crippen LogP contribution >= 0.6 is 11.3 Å². The molecule has 0 saturated heterocycles. The van der Waals surface area contributed by atoms with Crippen molar-refractivity contribution in [3.8, 4) is 16.9 Å². The zero-order chi connectivity index (χ0) is 19.3. The van der Waals surface area contributed by atoms with Crippen molar-refractivity contribution in [1.82, 2.24) is 30.3 Å². The molecule has 0 unspecified atom stereocenters. The van der Waals surface area contributed by atoms with E-state index in [0.29, 0.717) is 16.5 Å². The van der Waals surface area contributed by atoms with E-state index in [1.807, 2.05) is 6.07 Å². The summed E-state index contributed by atoms with van der Waals surface area (Å²) in [4.78, 5) is 20.4. The second-order valence-corrected chi connectivity index (χ2v) is 6.58. The molecule has 4 rings (SSSR count). The second-order valence-electron chi connectivity index (χ2n) is 5.72. The van der Waals surface area contributed by atoms with Crippen LogP contribution in [0.5, 0.6) is 0 Å². The Balaban J connectivity index is 1.33. The average Bonchev–Trinajstić information content (AvgIpc) is 3.37. The van der Waals surface area contributed by atoms with Crippen LogP contribution in [0, 0.1) is 5.82 Å². The minimum atomic E-state index is -0.407. The van der Waals surface area contributed by atoms with E-state index >= 15 is 0 Å². The topological polar surface area (TPSA) is 97.6 Å². The van der Waals surface area contributed by atoms with E-state index in [2.05, 4.69) is 30.9 Å². The van der Waals surface area contributed by atoms with Crippen LogP contribution in [0.25, 0.3) is 16.9 Å². The van der Waals surface area contributed by atoms with Crippen LogP contribution in [-0.2, 0) is 6.54 Å². The van der Waals surface area contributed by atoms with Crippen molar-refractivity contribution in [3.05, 3.63) is 71.9 Å². The molecular weight excluding hydrogens is 381 g/mol. The number of nitrogens with one attached hydrogen (secondary N) is 2. The van der Waals surface area contributed by atoms with Crippen LogP contribution in [0.15, 0.2) is 60.4 Å². The Morgan fingerprint density at radius 3 is 2.86 bits per heavy atom. The highest BCUT2D eigenvalue weighted by Crippen LogP contribution is 2.24. The molecule has 0 bridgehead atoms. The predicted octanol–water partition coefficient (Wildman–Crippen LogP) is 3.25. The summed E-state index contributed by atoms with van der Waals surface area (Å²) in [6, 6.07) is 9.26. The average molecular weight is 395 g/mol. The van der Waals surface area contributed by atoms with E-state index in [1.165, 1.54) is 23.5 Å². The molecule has 3 aromatic heterocycles. The molecule has 0 aliphatic rings. The van der Waals surface area contributed by atoms with Crippen molar-refractivity contribution in [2.75, 3.05) is 5.32 Å². The number of rotatable bonds is 5. The van der Waals surface area contributed by atoms with Gasteiger partial charge < -0.3 is 5.32 Å². The van der Waals surface area contributed by atoms with Gasteiger partial charge in [-0.25, -0.2) is 18.9 Å². The third-order valence-corrected chi connectivity index (χ3v) is 4.50. The van der Waals surface area contributed by atoms with Crippen LogP contribution in [-0.4, -0.2) is 31.0 Å². The standard InChI is InChI=1S/C18H14FN7OS/c19-13-5-3-12(4-6-13)16-11-28-18(22-16)23-17(27)21-8-14-10-26(25-24-14)15-2-1-7-20-9-15/h1-7,9-11H,8H2,(H2,21,22,23,27). The lowest BCUT2D eigenvalue weighted by Crippen LogP contribution is -2.28. The van der Waals surface area contributed by atoms with E-state index < -0.39 is 6.03 Å². The van der Waals surface area contributed by atoms with Gasteiger partial charge in [0.15, 0.2) is 5.13 Å². The Hall–Kier alpha value is -3.66. The minimum absolute atomic E-state index is 0.211. The fourth-order valence-corrected chi connectivity index (χ4v) is 3.11. The van der Waals surface area contributed by atoms with Gasteiger partial charge in [-0.1, -0.05) is 5.21 Å². The molecule has 8 nitrogen and oxygen atoms in total. The Morgan fingerprint density at radius 2 is 2.07 bits per heavy atom. The summed E-state index contributed by atoms with van der Waals surface area (Å²) in [5.74, 6) is -0.308. The highest BCUT2D eigenvalue weighted by molar-refractivity contribution is 7.14. The number of carbonyl (C=O) groups is 1. The Kier molecular flexibility index (Phi) is 5.02. The van der Waals surface area contributed by atoms with Crippen molar-refractivity contribution in [1.29, 1.82) is 0 Å². The third-order valence-electron chi connectivity index (χ3n) is 3.75. The number of hydrogen-bond donors (Lipinski definition) is 2. The smallest absolute Gasteiger partial charge is 0.321 e. The molecule has 0 atom stereocenters. The molecule has 28 heavy (non-hydrogen) atoms. The number of urea groups is 1. The maximum Gasteiger partial charge on any atom is 0.321 e. The van der Waals surface area contributed by atoms with E-state index in [1.54, 1.807) is 46.9 Å². The first-order chi connectivity index (χ1) is 13.7. The summed E-state index contributed by atoms with van der Waals surface area (Å²) >= 11 is 1.28. The number of amides is 2. The molecule has 0 aliphatic carbocycles. The molecule has 10 heteroatoms. The summed E-state index contributed by atoms with van der Waals surface area (Å²) in [5.41, 5.74) is 2.82. The Labute approximate surface area is 163 Å². The lowest BCUT2D eigenvalue weighted by atomic mass is 10.2. The van der Waals surface area contributed by atoms with Gasteiger partial charge in [-0.15, -0.1) is 16.4 Å². The number of carbonyl (C=O) groups excluding carboxylic acids is 1. The fraction of sp³-hybridized carbons (Fsp3) is 0.0556. The van der Waals surface area contributed by atoms with Crippen LogP contribution in [0.4, 0.5) is 14.3 Å². The summed E-state index contributed by atoms with van der Waals surface area (Å²) < 4.78 is 14.6. The number of benzene rings is 1. The number of halogens is 1. The van der Waals surface area contributed by atoms with Crippen molar-refractivity contribution in [2.45, 2.75) is 6.54 Å². The van der Waals surface area contributed by atoms with Gasteiger partial charge >= 0.3 is 6.03 Å². The van der Waals surface area contributed by atoms with Gasteiger partial charge in [0.2, 0.25) is 0 Å². The lowest BCUT2D eigenvalue weighted by Gasteiger charge is -2.03. The van der Waals surface area contributed by atoms with Gasteiger partial charge in [0, 0.05) is 17.1 Å². The summed E-state index contributed by atoms with van der Waals surface area (Å²) in [7, 11) is 0. The normalized spacial score (nSPS) is 10.6. The Morgan fingerprint density at radius 1 is 1.21 bits per heavy atom. The van der Waals surface area contributed by atoms with Crippen LogP contribution in [0.3, 0.4) is 0 Å². The molecular formula is C18H14FN7OS. The van der Waals surface area contributed by atoms with Gasteiger partial charge in [-0.3, -0.25) is 10.3 Å². The van der Waals surface area contributed by atoms with Crippen molar-refractivity contribution in [2.24, 2.45) is 0 Å². The van der Waals surface area contributed by atoms with E-state index in [4.69, 9.17) is 0 Å². The molecule has 3 heterocycles. The lowest BCUT2D eigenvalue weighted by molar-refractivity contribution is 0.251. The maximum atomic E-state index is 13.0. The first-order valence-corrected chi connectivity index (χ1v) is 9.13. The number of nitrogens with zero attached hydrogens (tertiary/aromatic N) is 5. The van der Waals surface area contributed by atoms with Gasteiger partial charge in [0.25, 0.3) is 0 Å². The number of hydrogen-bond acceptors (Lipinski definition) is 6. The first-order valence-electron chi connectivity index (χ1n) is 8.25. The molecule has 0 fully saturated rings. The molecule has 0 radical (unpaired) electrons. The molecule has 140 valence electrons. The third kappa shape index (κ3) is 4.18. The second kappa shape index (κ2) is 7.92. The van der Waals surface area contributed by atoms with Gasteiger partial charge in [0.05, 0.1) is 30.3 Å². The number of anilines is 1. The Bertz CT molecular complexity index is 1080. The van der Waals surface area contributed by atoms with E-state index in [9.17, 15) is 9.18 Å². The van der Waals surface area contributed by atoms with Crippen LogP contribution in [0.2, 0.25) is 0 Å². The highest BCUT2D eigenvalue weighted by Gasteiger charge is 2.09. The maximum absolute atomic E-state index is 13.0. The fourth-order valence-electron chi connectivity index (χ4n) is 2.39. The molecule has 2 amide bonds. The van der Waals surface area contributed by atoms with Crippen molar-refractivity contribution >= 4 is 22.5 Å². The molecule has 0 spiro atoms. The molecule has 0 aliphatic heterocycles. The number of thiazole rings is 1. The molecule has 0 saturated carbocycles. The predicted molar refractivity (Wildman–Crippen MR) is 103 cm³/mol. The van der Waals surface area contributed by atoms with Gasteiger partial charge in [-0.05, 0) is 36.4 Å². The summed E-state index contributed by atoms with van der Waals surface area (Å²) in [5, 5.41) is 15.6. The summed E-state index contributed by atoms with van der Waals surface area (Å²) in [6.45, 7) is 0.211. The zero-order valence-electron chi connectivity index (χ0n) is 14.4. The van der Waals surface area contributed by atoms with Crippen LogP contribution in [0.1, 0.15) is 5.69 Å². The minimum Gasteiger partial charge on any atom is -0.332 e. The highest BCUT2D eigenvalue weighted by atomic mass is 32.1. The molecule has 2 N–H and O–H groups in total. The van der Waals surface area contributed by atoms with Crippen LogP contribution < -0.4 is 10.6 Å². The van der Waals surface area contributed by atoms with E-state index in [0.717, 1.165) is 11.3 Å². The zero-order valence-corrected chi connectivity index (χ0v) is 15.2. The quantitative estimate of drug-likeness (QED) is 0.541. The SMILES string of the molecule is O=C(NCc1cn(-c2cccnc2)nn1)Nc1nc(-c2ccc(F)cc2)cs1. The first kappa shape index (κ1) is 17.7. The van der Waals surface area contributed by atoms with Gasteiger partial charge in [0.1, 0.15) is 11.5 Å². The van der Waals surface area contributed by atoms with Crippen molar-refractivity contribution < 1.29 is 9.18 Å². The van der Waals surface area contributed by atoms with E-state index in [-0.39, 0.29) is 12.4 Å².